The number of carbonyl (C=O) groups excluding carboxylic acids is 3. The first-order valence-electron chi connectivity index (χ1n) is 9.48. The number of hydrazine groups is 1. The van der Waals surface area contributed by atoms with Crippen LogP contribution in [0.2, 0.25) is 0 Å². The van der Waals surface area contributed by atoms with Crippen LogP contribution < -0.4 is 20.5 Å². The van der Waals surface area contributed by atoms with Crippen LogP contribution in [0.3, 0.4) is 0 Å². The van der Waals surface area contributed by atoms with Crippen molar-refractivity contribution in [3.05, 3.63) is 75.4 Å². The predicted octanol–water partition coefficient (Wildman–Crippen LogP) is 2.65. The van der Waals surface area contributed by atoms with Crippen molar-refractivity contribution >= 4 is 40.4 Å². The van der Waals surface area contributed by atoms with E-state index >= 15 is 0 Å². The van der Waals surface area contributed by atoms with Gasteiger partial charge in [0.2, 0.25) is 0 Å². The fourth-order valence-electron chi connectivity index (χ4n) is 3.08. The molecule has 3 amide bonds. The van der Waals surface area contributed by atoms with Gasteiger partial charge in [-0.1, -0.05) is 12.1 Å². The number of nitro benzene ring substituents is 1. The van der Waals surface area contributed by atoms with Gasteiger partial charge in [-0.2, -0.15) is 0 Å². The Kier molecular flexibility index (Phi) is 6.00. The Morgan fingerprint density at radius 1 is 1.12 bits per heavy atom. The van der Waals surface area contributed by atoms with Crippen molar-refractivity contribution in [3.63, 3.8) is 0 Å². The van der Waals surface area contributed by atoms with Crippen LogP contribution in [0.1, 0.15) is 9.67 Å². The first-order valence-corrected chi connectivity index (χ1v) is 10.3. The van der Waals surface area contributed by atoms with Gasteiger partial charge in [0.25, 0.3) is 23.4 Å². The topological polar surface area (TPSA) is 131 Å². The van der Waals surface area contributed by atoms with Crippen molar-refractivity contribution < 1.29 is 28.4 Å². The fraction of sp³-hybridized carbons (Fsp3) is 0.0952. The van der Waals surface area contributed by atoms with Crippen LogP contribution in [0.25, 0.3) is 10.4 Å². The van der Waals surface area contributed by atoms with Crippen LogP contribution >= 0.6 is 11.3 Å². The van der Waals surface area contributed by atoms with E-state index in [9.17, 15) is 28.9 Å². The summed E-state index contributed by atoms with van der Waals surface area (Å²) in [7, 11) is 0. The van der Waals surface area contributed by atoms with Crippen LogP contribution in [0.15, 0.2) is 54.6 Å². The minimum absolute atomic E-state index is 0.0872. The van der Waals surface area contributed by atoms with E-state index in [2.05, 4.69) is 10.9 Å². The van der Waals surface area contributed by atoms with Gasteiger partial charge in [-0.3, -0.25) is 40.2 Å². The second-order valence-electron chi connectivity index (χ2n) is 6.85. The van der Waals surface area contributed by atoms with Crippen LogP contribution in [0.4, 0.5) is 15.8 Å². The summed E-state index contributed by atoms with van der Waals surface area (Å²) in [6.07, 6.45) is 0. The number of hydrogen-bond donors (Lipinski definition) is 2. The van der Waals surface area contributed by atoms with Crippen molar-refractivity contribution in [1.82, 2.24) is 10.9 Å². The van der Waals surface area contributed by atoms with Crippen LogP contribution in [0.5, 0.6) is 5.75 Å². The summed E-state index contributed by atoms with van der Waals surface area (Å²) in [6, 6.07) is 12.8. The lowest BCUT2D eigenvalue weighted by Gasteiger charge is -2.28. The van der Waals surface area contributed by atoms with Gasteiger partial charge in [-0.25, -0.2) is 4.39 Å². The molecule has 0 saturated carbocycles. The third-order valence-corrected chi connectivity index (χ3v) is 5.81. The minimum Gasteiger partial charge on any atom is -0.482 e. The average Bonchev–Trinajstić information content (AvgIpc) is 3.30. The normalized spacial score (nSPS) is 12.5. The van der Waals surface area contributed by atoms with E-state index in [4.69, 9.17) is 4.74 Å². The number of hydrogen-bond acceptors (Lipinski definition) is 7. The molecule has 10 nitrogen and oxygen atoms in total. The highest BCUT2D eigenvalue weighted by Crippen LogP contribution is 2.35. The summed E-state index contributed by atoms with van der Waals surface area (Å²) in [6.45, 7) is -0.812. The molecule has 33 heavy (non-hydrogen) atoms. The molecule has 1 aromatic heterocycles. The number of non-ortho nitro benzene ring substituents is 1. The van der Waals surface area contributed by atoms with Gasteiger partial charge in [-0.15, -0.1) is 11.3 Å². The third-order valence-electron chi connectivity index (χ3n) is 4.67. The molecule has 1 aliphatic rings. The summed E-state index contributed by atoms with van der Waals surface area (Å²) in [5, 5.41) is 11.0. The SMILES string of the molecule is O=C(CN1C(=O)COc2ccc([N+](=O)[O-])cc21)NNC(=O)c1ccc(-c2ccc(F)cc2)s1. The average molecular weight is 470 g/mol. The molecule has 2 N–H and O–H groups in total. The zero-order valence-corrected chi connectivity index (χ0v) is 17.6. The highest BCUT2D eigenvalue weighted by Gasteiger charge is 2.29. The molecule has 0 fully saturated rings. The molecule has 2 aromatic carbocycles. The molecule has 0 unspecified atom stereocenters. The maximum absolute atomic E-state index is 13.1. The molecule has 2 heterocycles. The molecule has 0 aliphatic carbocycles. The summed E-state index contributed by atoms with van der Waals surface area (Å²) >= 11 is 1.15. The van der Waals surface area contributed by atoms with Gasteiger partial charge < -0.3 is 4.74 Å². The molecule has 0 bridgehead atoms. The maximum Gasteiger partial charge on any atom is 0.279 e. The molecule has 4 rings (SSSR count). The lowest BCUT2D eigenvalue weighted by atomic mass is 10.2. The number of nitro groups is 1. The number of rotatable bonds is 5. The number of halogens is 1. The molecular formula is C21H15FN4O6S. The van der Waals surface area contributed by atoms with E-state index in [1.807, 2.05) is 0 Å². The Morgan fingerprint density at radius 2 is 1.88 bits per heavy atom. The first-order chi connectivity index (χ1) is 15.8. The summed E-state index contributed by atoms with van der Waals surface area (Å²) in [5.41, 5.74) is 5.05. The van der Waals surface area contributed by atoms with Crippen LogP contribution in [-0.4, -0.2) is 35.8 Å². The third kappa shape index (κ3) is 4.80. The number of benzene rings is 2. The molecule has 3 aromatic rings. The van der Waals surface area contributed by atoms with E-state index in [0.717, 1.165) is 32.7 Å². The van der Waals surface area contributed by atoms with E-state index in [1.165, 1.54) is 24.3 Å². The Labute approximate surface area is 189 Å². The molecule has 12 heteroatoms. The van der Waals surface area contributed by atoms with Crippen molar-refractivity contribution in [2.45, 2.75) is 0 Å². The fourth-order valence-corrected chi connectivity index (χ4v) is 3.98. The van der Waals surface area contributed by atoms with E-state index in [0.29, 0.717) is 4.88 Å². The first kappa shape index (κ1) is 21.9. The highest BCUT2D eigenvalue weighted by atomic mass is 32.1. The van der Waals surface area contributed by atoms with Crippen LogP contribution in [-0.2, 0) is 9.59 Å². The Morgan fingerprint density at radius 3 is 2.61 bits per heavy atom. The molecule has 0 radical (unpaired) electrons. The highest BCUT2D eigenvalue weighted by molar-refractivity contribution is 7.17. The zero-order valence-electron chi connectivity index (χ0n) is 16.7. The molecule has 1 aliphatic heterocycles. The van der Waals surface area contributed by atoms with E-state index in [1.54, 1.807) is 24.3 Å². The number of thiophene rings is 1. The monoisotopic (exact) mass is 470 g/mol. The quantitative estimate of drug-likeness (QED) is 0.435. The van der Waals surface area contributed by atoms with Gasteiger partial charge in [0.05, 0.1) is 15.5 Å². The Bertz CT molecular complexity index is 1260. The van der Waals surface area contributed by atoms with Gasteiger partial charge in [0.1, 0.15) is 18.1 Å². The Hall–Kier alpha value is -4.32. The lowest BCUT2D eigenvalue weighted by molar-refractivity contribution is -0.384. The second-order valence-corrected chi connectivity index (χ2v) is 7.93. The van der Waals surface area contributed by atoms with Crippen molar-refractivity contribution in [1.29, 1.82) is 0 Å². The number of ether oxygens (including phenoxy) is 1. The molecule has 0 atom stereocenters. The number of anilines is 1. The number of nitrogens with one attached hydrogen (secondary N) is 2. The predicted molar refractivity (Wildman–Crippen MR) is 116 cm³/mol. The van der Waals surface area contributed by atoms with E-state index < -0.39 is 29.2 Å². The smallest absolute Gasteiger partial charge is 0.279 e. The molecular weight excluding hydrogens is 455 g/mol. The second kappa shape index (κ2) is 9.04. The summed E-state index contributed by atoms with van der Waals surface area (Å²) in [4.78, 5) is 49.5. The lowest BCUT2D eigenvalue weighted by Crippen LogP contribution is -2.49. The van der Waals surface area contributed by atoms with Crippen molar-refractivity contribution in [2.75, 3.05) is 18.1 Å². The van der Waals surface area contributed by atoms with Gasteiger partial charge in [0, 0.05) is 17.0 Å². The maximum atomic E-state index is 13.1. The molecule has 0 spiro atoms. The number of carbonyl (C=O) groups is 3. The van der Waals surface area contributed by atoms with Gasteiger partial charge in [-0.05, 0) is 35.9 Å². The van der Waals surface area contributed by atoms with Crippen molar-refractivity contribution in [2.24, 2.45) is 0 Å². The number of amides is 3. The number of fused-ring (bicyclic) bond motifs is 1. The van der Waals surface area contributed by atoms with Gasteiger partial charge in [0.15, 0.2) is 6.61 Å². The Balaban J connectivity index is 1.39. The van der Waals surface area contributed by atoms with Crippen molar-refractivity contribution in [3.8, 4) is 16.2 Å². The summed E-state index contributed by atoms with van der Waals surface area (Å²) in [5.74, 6) is -2.00. The minimum atomic E-state index is -0.716. The molecule has 0 saturated heterocycles. The largest absolute Gasteiger partial charge is 0.482 e. The summed E-state index contributed by atoms with van der Waals surface area (Å²) < 4.78 is 18.3. The van der Waals surface area contributed by atoms with Crippen LogP contribution in [0, 0.1) is 15.9 Å². The molecule has 168 valence electrons. The van der Waals surface area contributed by atoms with Gasteiger partial charge >= 0.3 is 0 Å². The standard InChI is InChI=1S/C21H15FN4O6S/c22-13-3-1-12(2-4-13)17-7-8-18(33-17)21(29)24-23-19(27)10-25-15-9-14(26(30)31)5-6-16(15)32-11-20(25)28/h1-9H,10-11H2,(H,23,27)(H,24,29). The number of nitrogens with zero attached hydrogens (tertiary/aromatic N) is 2. The zero-order chi connectivity index (χ0) is 23.5. The van der Waals surface area contributed by atoms with E-state index in [-0.39, 0.29) is 29.5 Å².